The van der Waals surface area contributed by atoms with Gasteiger partial charge >= 0.3 is 0 Å². The Morgan fingerprint density at radius 1 is 1.29 bits per heavy atom. The Morgan fingerprint density at radius 2 is 2.06 bits per heavy atom. The summed E-state index contributed by atoms with van der Waals surface area (Å²) in [6, 6.07) is 7.33. The molecule has 0 aliphatic rings. The molecule has 0 amide bonds. The van der Waals surface area contributed by atoms with Crippen LogP contribution in [-0.4, -0.2) is 14.7 Å². The van der Waals surface area contributed by atoms with Crippen molar-refractivity contribution in [1.82, 2.24) is 9.55 Å². The molecule has 17 heavy (non-hydrogen) atoms. The summed E-state index contributed by atoms with van der Waals surface area (Å²) in [7, 11) is 0. The molecule has 1 N–H and O–H groups in total. The van der Waals surface area contributed by atoms with Gasteiger partial charge in [0, 0.05) is 24.0 Å². The Balaban J connectivity index is 1.81. The SMILES string of the molecule is OC(CCCn1ccnc1)c1ccc(Cl)cc1. The van der Waals surface area contributed by atoms with Gasteiger partial charge in [-0.05, 0) is 30.5 Å². The Bertz CT molecular complexity index is 439. The highest BCUT2D eigenvalue weighted by molar-refractivity contribution is 6.30. The topological polar surface area (TPSA) is 38.0 Å². The van der Waals surface area contributed by atoms with E-state index in [0.717, 1.165) is 24.9 Å². The predicted molar refractivity (Wildman–Crippen MR) is 67.9 cm³/mol. The zero-order valence-electron chi connectivity index (χ0n) is 9.46. The van der Waals surface area contributed by atoms with E-state index in [0.29, 0.717) is 5.02 Å². The van der Waals surface area contributed by atoms with Gasteiger partial charge in [-0.1, -0.05) is 23.7 Å². The molecule has 1 aromatic carbocycles. The van der Waals surface area contributed by atoms with Crippen LogP contribution < -0.4 is 0 Å². The molecule has 4 heteroatoms. The molecule has 0 saturated heterocycles. The molecule has 1 heterocycles. The molecule has 1 aromatic heterocycles. The lowest BCUT2D eigenvalue weighted by molar-refractivity contribution is 0.162. The second-order valence-corrected chi connectivity index (χ2v) is 4.45. The van der Waals surface area contributed by atoms with E-state index in [2.05, 4.69) is 4.98 Å². The van der Waals surface area contributed by atoms with E-state index >= 15 is 0 Å². The van der Waals surface area contributed by atoms with Crippen LogP contribution in [0.3, 0.4) is 0 Å². The number of aliphatic hydroxyl groups excluding tert-OH is 1. The minimum Gasteiger partial charge on any atom is -0.388 e. The van der Waals surface area contributed by atoms with Crippen LogP contribution in [0, 0.1) is 0 Å². The van der Waals surface area contributed by atoms with Crippen molar-refractivity contribution >= 4 is 11.6 Å². The molecule has 3 nitrogen and oxygen atoms in total. The van der Waals surface area contributed by atoms with Crippen LogP contribution in [0.1, 0.15) is 24.5 Å². The summed E-state index contributed by atoms with van der Waals surface area (Å²) in [6.07, 6.45) is 6.70. The monoisotopic (exact) mass is 250 g/mol. The highest BCUT2D eigenvalue weighted by Crippen LogP contribution is 2.20. The van der Waals surface area contributed by atoms with Crippen molar-refractivity contribution in [2.75, 3.05) is 0 Å². The molecule has 0 aliphatic carbocycles. The van der Waals surface area contributed by atoms with Gasteiger partial charge in [-0.15, -0.1) is 0 Å². The number of halogens is 1. The zero-order valence-corrected chi connectivity index (χ0v) is 10.2. The lowest BCUT2D eigenvalue weighted by atomic mass is 10.1. The summed E-state index contributed by atoms with van der Waals surface area (Å²) >= 11 is 5.80. The van der Waals surface area contributed by atoms with Crippen LogP contribution in [0.2, 0.25) is 5.02 Å². The molecule has 0 spiro atoms. The van der Waals surface area contributed by atoms with Gasteiger partial charge in [-0.3, -0.25) is 0 Å². The fourth-order valence-corrected chi connectivity index (χ4v) is 1.86. The third kappa shape index (κ3) is 3.58. The molecule has 1 atom stereocenters. The van der Waals surface area contributed by atoms with Crippen molar-refractivity contribution in [1.29, 1.82) is 0 Å². The van der Waals surface area contributed by atoms with E-state index in [1.165, 1.54) is 0 Å². The van der Waals surface area contributed by atoms with Gasteiger partial charge in [0.15, 0.2) is 0 Å². The molecule has 0 radical (unpaired) electrons. The second-order valence-electron chi connectivity index (χ2n) is 4.01. The molecule has 0 bridgehead atoms. The number of aromatic nitrogens is 2. The number of aliphatic hydroxyl groups is 1. The van der Waals surface area contributed by atoms with E-state index in [1.54, 1.807) is 24.7 Å². The van der Waals surface area contributed by atoms with Crippen LogP contribution in [0.25, 0.3) is 0 Å². The largest absolute Gasteiger partial charge is 0.388 e. The molecule has 90 valence electrons. The maximum absolute atomic E-state index is 9.97. The molecule has 0 saturated carbocycles. The summed E-state index contributed by atoms with van der Waals surface area (Å²) < 4.78 is 2.01. The fourth-order valence-electron chi connectivity index (χ4n) is 1.74. The highest BCUT2D eigenvalue weighted by atomic mass is 35.5. The van der Waals surface area contributed by atoms with Gasteiger partial charge in [0.2, 0.25) is 0 Å². The van der Waals surface area contributed by atoms with Crippen LogP contribution in [0.4, 0.5) is 0 Å². The summed E-state index contributed by atoms with van der Waals surface area (Å²) in [4.78, 5) is 3.97. The lowest BCUT2D eigenvalue weighted by Gasteiger charge is -2.11. The quantitative estimate of drug-likeness (QED) is 0.886. The average Bonchev–Trinajstić information content (AvgIpc) is 2.83. The Hall–Kier alpha value is -1.32. The summed E-state index contributed by atoms with van der Waals surface area (Å²) in [5.41, 5.74) is 0.917. The molecular weight excluding hydrogens is 236 g/mol. The molecule has 1 unspecified atom stereocenters. The van der Waals surface area contributed by atoms with E-state index in [4.69, 9.17) is 11.6 Å². The number of nitrogens with zero attached hydrogens (tertiary/aromatic N) is 2. The van der Waals surface area contributed by atoms with Gasteiger partial charge in [0.25, 0.3) is 0 Å². The third-order valence-electron chi connectivity index (χ3n) is 2.71. The normalized spacial score (nSPS) is 12.6. The first-order valence-electron chi connectivity index (χ1n) is 5.65. The van der Waals surface area contributed by atoms with Crippen LogP contribution in [0.15, 0.2) is 43.0 Å². The molecular formula is C13H15ClN2O. The van der Waals surface area contributed by atoms with Gasteiger partial charge in [0.1, 0.15) is 0 Å². The predicted octanol–water partition coefficient (Wildman–Crippen LogP) is 3.05. The number of benzene rings is 1. The van der Waals surface area contributed by atoms with Crippen molar-refractivity contribution in [2.24, 2.45) is 0 Å². The third-order valence-corrected chi connectivity index (χ3v) is 2.96. The van der Waals surface area contributed by atoms with Crippen molar-refractivity contribution < 1.29 is 5.11 Å². The van der Waals surface area contributed by atoms with Gasteiger partial charge < -0.3 is 9.67 Å². The maximum Gasteiger partial charge on any atom is 0.0945 e. The minimum atomic E-state index is -0.421. The molecule has 2 rings (SSSR count). The first kappa shape index (κ1) is 12.1. The summed E-state index contributed by atoms with van der Waals surface area (Å²) in [5, 5.41) is 10.7. The second kappa shape index (κ2) is 5.84. The molecule has 0 aliphatic heterocycles. The zero-order chi connectivity index (χ0) is 12.1. The number of hydrogen-bond acceptors (Lipinski definition) is 2. The first-order chi connectivity index (χ1) is 8.25. The Morgan fingerprint density at radius 3 is 2.71 bits per heavy atom. The van der Waals surface area contributed by atoms with Gasteiger partial charge in [-0.2, -0.15) is 0 Å². The smallest absolute Gasteiger partial charge is 0.0945 e. The Labute approximate surface area is 106 Å². The number of hydrogen-bond donors (Lipinski definition) is 1. The number of imidazole rings is 1. The van der Waals surface area contributed by atoms with Crippen molar-refractivity contribution in [2.45, 2.75) is 25.5 Å². The van der Waals surface area contributed by atoms with Gasteiger partial charge in [-0.25, -0.2) is 4.98 Å². The number of aryl methyl sites for hydroxylation is 1. The van der Waals surface area contributed by atoms with Crippen LogP contribution in [-0.2, 0) is 6.54 Å². The number of rotatable bonds is 5. The van der Waals surface area contributed by atoms with E-state index < -0.39 is 6.10 Å². The minimum absolute atomic E-state index is 0.421. The van der Waals surface area contributed by atoms with Crippen molar-refractivity contribution in [3.8, 4) is 0 Å². The molecule has 0 fully saturated rings. The van der Waals surface area contributed by atoms with Gasteiger partial charge in [0.05, 0.1) is 12.4 Å². The Kier molecular flexibility index (Phi) is 4.18. The van der Waals surface area contributed by atoms with Crippen molar-refractivity contribution in [3.05, 3.63) is 53.6 Å². The standard InChI is InChI=1S/C13H15ClN2O/c14-12-5-3-11(4-6-12)13(17)2-1-8-16-9-7-15-10-16/h3-7,9-10,13,17H,1-2,8H2. The average molecular weight is 251 g/mol. The van der Waals surface area contributed by atoms with E-state index in [-0.39, 0.29) is 0 Å². The van der Waals surface area contributed by atoms with E-state index in [1.807, 2.05) is 22.9 Å². The van der Waals surface area contributed by atoms with Crippen LogP contribution in [0.5, 0.6) is 0 Å². The van der Waals surface area contributed by atoms with Crippen molar-refractivity contribution in [3.63, 3.8) is 0 Å². The fraction of sp³-hybridized carbons (Fsp3) is 0.308. The summed E-state index contributed by atoms with van der Waals surface area (Å²) in [5.74, 6) is 0. The summed E-state index contributed by atoms with van der Waals surface area (Å²) in [6.45, 7) is 0.880. The maximum atomic E-state index is 9.97. The lowest BCUT2D eigenvalue weighted by Crippen LogP contribution is -2.01. The molecule has 2 aromatic rings. The first-order valence-corrected chi connectivity index (χ1v) is 6.03. The van der Waals surface area contributed by atoms with E-state index in [9.17, 15) is 5.11 Å². The van der Waals surface area contributed by atoms with Crippen LogP contribution >= 0.6 is 11.6 Å². The highest BCUT2D eigenvalue weighted by Gasteiger charge is 2.06.